The maximum absolute atomic E-state index is 5.86. The molecule has 14 heavy (non-hydrogen) atoms. The summed E-state index contributed by atoms with van der Waals surface area (Å²) in [6.07, 6.45) is 5.13. The van der Waals surface area contributed by atoms with Gasteiger partial charge in [-0.2, -0.15) is 0 Å². The maximum Gasteiger partial charge on any atom is 0.120 e. The quantitative estimate of drug-likeness (QED) is 0.771. The van der Waals surface area contributed by atoms with E-state index in [9.17, 15) is 0 Å². The van der Waals surface area contributed by atoms with Gasteiger partial charge >= 0.3 is 0 Å². The van der Waals surface area contributed by atoms with Gasteiger partial charge in [-0.3, -0.25) is 0 Å². The molecule has 0 amide bonds. The molecule has 1 aromatic rings. The molecule has 3 heteroatoms. The first-order valence-electron chi connectivity index (χ1n) is 5.30. The lowest BCUT2D eigenvalue weighted by Crippen LogP contribution is -2.30. The van der Waals surface area contributed by atoms with E-state index in [-0.39, 0.29) is 0 Å². The molecular formula is C11H18N2O. The van der Waals surface area contributed by atoms with Crippen LogP contribution in [0.5, 0.6) is 0 Å². The molecule has 3 N–H and O–H groups in total. The van der Waals surface area contributed by atoms with Crippen molar-refractivity contribution in [1.29, 1.82) is 0 Å². The highest BCUT2D eigenvalue weighted by Crippen LogP contribution is 2.21. The number of hydrogen-bond acceptors (Lipinski definition) is 3. The Morgan fingerprint density at radius 2 is 2.43 bits per heavy atom. The highest BCUT2D eigenvalue weighted by atomic mass is 16.3. The van der Waals surface area contributed by atoms with Gasteiger partial charge in [0.25, 0.3) is 0 Å². The highest BCUT2D eigenvalue weighted by Gasteiger charge is 2.23. The van der Waals surface area contributed by atoms with E-state index >= 15 is 0 Å². The van der Waals surface area contributed by atoms with Crippen molar-refractivity contribution in [3.05, 3.63) is 24.2 Å². The van der Waals surface area contributed by atoms with Crippen LogP contribution in [0.4, 0.5) is 0 Å². The van der Waals surface area contributed by atoms with Crippen molar-refractivity contribution in [2.45, 2.75) is 44.3 Å². The monoisotopic (exact) mass is 194 g/mol. The molecule has 0 bridgehead atoms. The van der Waals surface area contributed by atoms with Crippen molar-refractivity contribution < 1.29 is 4.42 Å². The average Bonchev–Trinajstić information content (AvgIpc) is 2.75. The van der Waals surface area contributed by atoms with Gasteiger partial charge in [0.1, 0.15) is 5.76 Å². The second kappa shape index (κ2) is 4.15. The van der Waals surface area contributed by atoms with Crippen LogP contribution in [0.15, 0.2) is 22.8 Å². The van der Waals surface area contributed by atoms with Crippen LogP contribution in [0, 0.1) is 0 Å². The van der Waals surface area contributed by atoms with Crippen molar-refractivity contribution in [3.63, 3.8) is 0 Å². The van der Waals surface area contributed by atoms with Crippen LogP contribution in [0.25, 0.3) is 0 Å². The molecule has 1 saturated carbocycles. The van der Waals surface area contributed by atoms with Crippen molar-refractivity contribution >= 4 is 0 Å². The smallest absolute Gasteiger partial charge is 0.120 e. The maximum atomic E-state index is 5.86. The molecule has 1 aliphatic carbocycles. The van der Waals surface area contributed by atoms with Gasteiger partial charge in [0, 0.05) is 12.1 Å². The Labute approximate surface area is 84.7 Å². The van der Waals surface area contributed by atoms with E-state index in [0.29, 0.717) is 18.1 Å². The van der Waals surface area contributed by atoms with Crippen LogP contribution in [-0.2, 0) is 0 Å². The lowest BCUT2D eigenvalue weighted by Gasteiger charge is -2.17. The third kappa shape index (κ3) is 2.16. The van der Waals surface area contributed by atoms with Gasteiger partial charge in [-0.25, -0.2) is 0 Å². The minimum Gasteiger partial charge on any atom is -0.468 e. The third-order valence-corrected chi connectivity index (χ3v) is 2.93. The summed E-state index contributed by atoms with van der Waals surface area (Å²) in [6, 6.07) is 5.17. The van der Waals surface area contributed by atoms with E-state index in [1.165, 1.54) is 6.42 Å². The zero-order valence-corrected chi connectivity index (χ0v) is 8.57. The molecule has 78 valence electrons. The van der Waals surface area contributed by atoms with E-state index < -0.39 is 0 Å². The Bertz CT molecular complexity index is 271. The largest absolute Gasteiger partial charge is 0.468 e. The molecule has 3 nitrogen and oxygen atoms in total. The average molecular weight is 194 g/mol. The van der Waals surface area contributed by atoms with E-state index in [2.05, 4.69) is 12.2 Å². The van der Waals surface area contributed by atoms with Crippen LogP contribution in [-0.4, -0.2) is 12.1 Å². The molecule has 0 radical (unpaired) electrons. The normalized spacial score (nSPS) is 29.3. The van der Waals surface area contributed by atoms with Gasteiger partial charge in [-0.05, 0) is 38.3 Å². The molecule has 1 aromatic heterocycles. The lowest BCUT2D eigenvalue weighted by atomic mass is 10.2. The molecule has 1 aliphatic rings. The van der Waals surface area contributed by atoms with Gasteiger partial charge in [-0.1, -0.05) is 0 Å². The van der Waals surface area contributed by atoms with E-state index in [4.69, 9.17) is 10.2 Å². The molecule has 0 aromatic carbocycles. The first-order chi connectivity index (χ1) is 6.75. The van der Waals surface area contributed by atoms with Gasteiger partial charge in [0.2, 0.25) is 0 Å². The van der Waals surface area contributed by atoms with Gasteiger partial charge in [0.05, 0.1) is 12.3 Å². The topological polar surface area (TPSA) is 51.2 Å². The fourth-order valence-corrected chi connectivity index (χ4v) is 2.14. The first kappa shape index (κ1) is 9.74. The zero-order chi connectivity index (χ0) is 9.97. The number of nitrogens with two attached hydrogens (primary N) is 1. The Kier molecular flexibility index (Phi) is 2.89. The molecule has 2 rings (SSSR count). The molecule has 2 unspecified atom stereocenters. The number of hydrogen-bond donors (Lipinski definition) is 2. The number of rotatable bonds is 3. The lowest BCUT2D eigenvalue weighted by molar-refractivity contribution is 0.388. The Morgan fingerprint density at radius 3 is 3.00 bits per heavy atom. The summed E-state index contributed by atoms with van der Waals surface area (Å²) >= 11 is 0. The SMILES string of the molecule is C[C@@H](NC1CCC(N)C1)c1ccco1. The Hall–Kier alpha value is -0.800. The molecule has 0 saturated heterocycles. The van der Waals surface area contributed by atoms with Crippen molar-refractivity contribution in [2.75, 3.05) is 0 Å². The van der Waals surface area contributed by atoms with Crippen LogP contribution < -0.4 is 11.1 Å². The Morgan fingerprint density at radius 1 is 1.57 bits per heavy atom. The second-order valence-electron chi connectivity index (χ2n) is 4.17. The molecule has 0 spiro atoms. The summed E-state index contributed by atoms with van der Waals surface area (Å²) in [7, 11) is 0. The summed E-state index contributed by atoms with van der Waals surface area (Å²) in [5, 5.41) is 3.54. The molecule has 0 aliphatic heterocycles. The summed E-state index contributed by atoms with van der Waals surface area (Å²) in [5.74, 6) is 1.01. The van der Waals surface area contributed by atoms with Gasteiger partial charge in [-0.15, -0.1) is 0 Å². The number of nitrogens with one attached hydrogen (secondary N) is 1. The van der Waals surface area contributed by atoms with Crippen LogP contribution in [0.1, 0.15) is 38.0 Å². The van der Waals surface area contributed by atoms with Crippen molar-refractivity contribution in [1.82, 2.24) is 5.32 Å². The molecule has 1 fully saturated rings. The van der Waals surface area contributed by atoms with Crippen LogP contribution >= 0.6 is 0 Å². The predicted octanol–water partition coefficient (Wildman–Crippen LogP) is 1.81. The molecular weight excluding hydrogens is 176 g/mol. The molecule has 3 atom stereocenters. The fraction of sp³-hybridized carbons (Fsp3) is 0.636. The number of furan rings is 1. The third-order valence-electron chi connectivity index (χ3n) is 2.93. The minimum atomic E-state index is 0.292. The summed E-state index contributed by atoms with van der Waals surface area (Å²) in [4.78, 5) is 0. The second-order valence-corrected chi connectivity index (χ2v) is 4.17. The van der Waals surface area contributed by atoms with E-state index in [1.807, 2.05) is 12.1 Å². The molecule has 1 heterocycles. The minimum absolute atomic E-state index is 0.292. The highest BCUT2D eigenvalue weighted by molar-refractivity contribution is 5.03. The van der Waals surface area contributed by atoms with E-state index in [0.717, 1.165) is 18.6 Å². The van der Waals surface area contributed by atoms with Gasteiger partial charge in [0.15, 0.2) is 0 Å². The standard InChI is InChI=1S/C11H18N2O/c1-8(11-3-2-6-14-11)13-10-5-4-9(12)7-10/h2-3,6,8-10,13H,4-5,7,12H2,1H3/t8-,9?,10?/m1/s1. The fourth-order valence-electron chi connectivity index (χ4n) is 2.14. The van der Waals surface area contributed by atoms with Crippen LogP contribution in [0.2, 0.25) is 0 Å². The zero-order valence-electron chi connectivity index (χ0n) is 8.57. The van der Waals surface area contributed by atoms with Crippen molar-refractivity contribution in [3.8, 4) is 0 Å². The van der Waals surface area contributed by atoms with Gasteiger partial charge < -0.3 is 15.5 Å². The van der Waals surface area contributed by atoms with Crippen LogP contribution in [0.3, 0.4) is 0 Å². The first-order valence-corrected chi connectivity index (χ1v) is 5.30. The summed E-state index contributed by atoms with van der Waals surface area (Å²) < 4.78 is 5.34. The van der Waals surface area contributed by atoms with E-state index in [1.54, 1.807) is 6.26 Å². The Balaban J connectivity index is 1.86. The summed E-state index contributed by atoms with van der Waals surface area (Å²) in [5.41, 5.74) is 5.86. The summed E-state index contributed by atoms with van der Waals surface area (Å²) in [6.45, 7) is 2.13. The van der Waals surface area contributed by atoms with Crippen molar-refractivity contribution in [2.24, 2.45) is 5.73 Å². The predicted molar refractivity (Wildman–Crippen MR) is 55.9 cm³/mol.